The van der Waals surface area contributed by atoms with Crippen LogP contribution in [-0.4, -0.2) is 17.5 Å². The first-order valence-electron chi connectivity index (χ1n) is 7.22. The molecule has 118 valence electrons. The Labute approximate surface area is 144 Å². The van der Waals surface area contributed by atoms with Crippen molar-refractivity contribution in [1.29, 1.82) is 0 Å². The topological polar surface area (TPSA) is 31.2 Å². The molecule has 3 nitrogen and oxygen atoms in total. The van der Waals surface area contributed by atoms with Crippen molar-refractivity contribution in [3.05, 3.63) is 63.8 Å². The smallest absolute Gasteiger partial charge is 0.152 e. The number of fused-ring (bicyclic) bond motifs is 1. The fourth-order valence-electron chi connectivity index (χ4n) is 2.73. The molecule has 0 fully saturated rings. The van der Waals surface area contributed by atoms with Crippen molar-refractivity contribution in [2.24, 2.45) is 0 Å². The Balaban J connectivity index is 1.82. The second-order valence-electron chi connectivity index (χ2n) is 5.21. The van der Waals surface area contributed by atoms with E-state index in [9.17, 15) is 4.79 Å². The van der Waals surface area contributed by atoms with Gasteiger partial charge in [-0.3, -0.25) is 4.79 Å². The van der Waals surface area contributed by atoms with Crippen LogP contribution in [0.1, 0.15) is 16.1 Å². The molecule has 3 aromatic rings. The highest BCUT2D eigenvalue weighted by atomic mass is 35.5. The number of aromatic nitrogens is 1. The van der Waals surface area contributed by atoms with Gasteiger partial charge in [0.1, 0.15) is 12.4 Å². The molecule has 0 N–H and O–H groups in total. The summed E-state index contributed by atoms with van der Waals surface area (Å²) < 4.78 is 7.83. The lowest BCUT2D eigenvalue weighted by Crippen LogP contribution is -2.09. The molecule has 0 aliphatic rings. The molecule has 0 unspecified atom stereocenters. The van der Waals surface area contributed by atoms with Crippen molar-refractivity contribution in [2.45, 2.75) is 13.5 Å². The molecule has 0 bridgehead atoms. The lowest BCUT2D eigenvalue weighted by atomic mass is 10.1. The first kappa shape index (κ1) is 15.9. The molecule has 0 aliphatic heterocycles. The van der Waals surface area contributed by atoms with Crippen LogP contribution in [-0.2, 0) is 6.54 Å². The highest BCUT2D eigenvalue weighted by Gasteiger charge is 2.13. The number of hydrogen-bond acceptors (Lipinski definition) is 2. The molecule has 0 amide bonds. The Morgan fingerprint density at radius 2 is 1.96 bits per heavy atom. The molecule has 0 spiro atoms. The second-order valence-corrected chi connectivity index (χ2v) is 6.05. The summed E-state index contributed by atoms with van der Waals surface area (Å²) in [4.78, 5) is 11.4. The van der Waals surface area contributed by atoms with E-state index in [-0.39, 0.29) is 0 Å². The third-order valence-electron chi connectivity index (χ3n) is 3.86. The molecule has 0 saturated carbocycles. The minimum atomic E-state index is 0.444. The van der Waals surface area contributed by atoms with Gasteiger partial charge in [-0.05, 0) is 31.2 Å². The number of para-hydroxylation sites is 1. The monoisotopic (exact) mass is 347 g/mol. The van der Waals surface area contributed by atoms with Gasteiger partial charge in [-0.25, -0.2) is 0 Å². The van der Waals surface area contributed by atoms with Crippen molar-refractivity contribution >= 4 is 40.4 Å². The summed E-state index contributed by atoms with van der Waals surface area (Å²) in [6.07, 6.45) is 0.908. The zero-order chi connectivity index (χ0) is 16.4. The number of rotatable bonds is 5. The molecule has 5 heteroatoms. The molecular formula is C18H15Cl2NO2. The lowest BCUT2D eigenvalue weighted by Gasteiger charge is -2.11. The minimum Gasteiger partial charge on any atom is -0.490 e. The zero-order valence-corrected chi connectivity index (χ0v) is 14.1. The minimum absolute atomic E-state index is 0.444. The molecule has 1 heterocycles. The summed E-state index contributed by atoms with van der Waals surface area (Å²) in [5, 5.41) is 2.02. The quantitative estimate of drug-likeness (QED) is 0.597. The highest BCUT2D eigenvalue weighted by molar-refractivity contribution is 6.35. The van der Waals surface area contributed by atoms with Gasteiger partial charge in [-0.1, -0.05) is 41.4 Å². The van der Waals surface area contributed by atoms with Crippen LogP contribution in [0.4, 0.5) is 0 Å². The molecule has 0 aliphatic carbocycles. The summed E-state index contributed by atoms with van der Waals surface area (Å²) in [6.45, 7) is 3.01. The van der Waals surface area contributed by atoms with Crippen LogP contribution in [0.25, 0.3) is 10.9 Å². The molecule has 23 heavy (non-hydrogen) atoms. The Hall–Kier alpha value is -1.97. The van der Waals surface area contributed by atoms with Crippen molar-refractivity contribution in [3.63, 3.8) is 0 Å². The number of benzene rings is 2. The van der Waals surface area contributed by atoms with Crippen LogP contribution >= 0.6 is 23.2 Å². The average Bonchev–Trinajstić information content (AvgIpc) is 2.81. The maximum atomic E-state index is 11.4. The molecule has 3 rings (SSSR count). The van der Waals surface area contributed by atoms with Crippen molar-refractivity contribution in [1.82, 2.24) is 4.57 Å². The van der Waals surface area contributed by atoms with E-state index in [0.29, 0.717) is 28.9 Å². The van der Waals surface area contributed by atoms with Gasteiger partial charge in [-0.2, -0.15) is 0 Å². The number of carbonyl (C=O) groups is 1. The summed E-state index contributed by atoms with van der Waals surface area (Å²) in [5.41, 5.74) is 2.69. The van der Waals surface area contributed by atoms with E-state index in [4.69, 9.17) is 27.9 Å². The average molecular weight is 348 g/mol. The summed E-state index contributed by atoms with van der Waals surface area (Å²) >= 11 is 12.0. The lowest BCUT2D eigenvalue weighted by molar-refractivity contribution is 0.112. The van der Waals surface area contributed by atoms with Gasteiger partial charge in [0.05, 0.1) is 11.6 Å². The van der Waals surface area contributed by atoms with Gasteiger partial charge in [0.25, 0.3) is 0 Å². The predicted octanol–water partition coefficient (Wildman–Crippen LogP) is 5.15. The van der Waals surface area contributed by atoms with E-state index in [1.54, 1.807) is 18.2 Å². The van der Waals surface area contributed by atoms with Gasteiger partial charge in [0, 0.05) is 27.2 Å². The van der Waals surface area contributed by atoms with E-state index in [2.05, 4.69) is 4.57 Å². The first-order chi connectivity index (χ1) is 11.1. The van der Waals surface area contributed by atoms with Crippen LogP contribution < -0.4 is 4.74 Å². The van der Waals surface area contributed by atoms with Gasteiger partial charge < -0.3 is 9.30 Å². The van der Waals surface area contributed by atoms with E-state index >= 15 is 0 Å². The standard InChI is InChI=1S/C18H15Cl2NO2/c1-12-15(11-22)14-4-2-3-5-17(14)21(12)8-9-23-18-7-6-13(19)10-16(18)20/h2-7,10-11H,8-9H2,1H3. The number of hydrogen-bond donors (Lipinski definition) is 0. The van der Waals surface area contributed by atoms with Crippen LogP contribution in [0.15, 0.2) is 42.5 Å². The number of carbonyl (C=O) groups excluding carboxylic acids is 1. The third kappa shape index (κ3) is 3.07. The molecule has 0 radical (unpaired) electrons. The van der Waals surface area contributed by atoms with Crippen molar-refractivity contribution in [2.75, 3.05) is 6.61 Å². The fraction of sp³-hybridized carbons (Fsp3) is 0.167. The normalized spacial score (nSPS) is 10.9. The summed E-state index contributed by atoms with van der Waals surface area (Å²) in [6, 6.07) is 13.0. The van der Waals surface area contributed by atoms with Crippen LogP contribution in [0.3, 0.4) is 0 Å². The van der Waals surface area contributed by atoms with E-state index < -0.39 is 0 Å². The van der Waals surface area contributed by atoms with Gasteiger partial charge in [0.15, 0.2) is 6.29 Å². The predicted molar refractivity (Wildman–Crippen MR) is 94.0 cm³/mol. The van der Waals surface area contributed by atoms with E-state index in [1.165, 1.54) is 0 Å². The number of nitrogens with zero attached hydrogens (tertiary/aromatic N) is 1. The maximum Gasteiger partial charge on any atom is 0.152 e. The van der Waals surface area contributed by atoms with E-state index in [1.807, 2.05) is 31.2 Å². The Morgan fingerprint density at radius 3 is 2.70 bits per heavy atom. The second kappa shape index (κ2) is 6.65. The molecule has 0 atom stereocenters. The summed E-state index contributed by atoms with van der Waals surface area (Å²) in [5.74, 6) is 0.598. The molecule has 0 saturated heterocycles. The SMILES string of the molecule is Cc1c(C=O)c2ccccc2n1CCOc1ccc(Cl)cc1Cl. The van der Waals surface area contributed by atoms with Crippen LogP contribution in [0.2, 0.25) is 10.0 Å². The Morgan fingerprint density at radius 1 is 1.17 bits per heavy atom. The summed E-state index contributed by atoms with van der Waals surface area (Å²) in [7, 11) is 0. The van der Waals surface area contributed by atoms with E-state index in [0.717, 1.165) is 28.4 Å². The number of ether oxygens (including phenoxy) is 1. The molecule has 1 aromatic heterocycles. The molecular weight excluding hydrogens is 333 g/mol. The van der Waals surface area contributed by atoms with Gasteiger partial charge in [-0.15, -0.1) is 0 Å². The Bertz CT molecular complexity index is 871. The number of halogens is 2. The highest BCUT2D eigenvalue weighted by Crippen LogP contribution is 2.28. The van der Waals surface area contributed by atoms with Crippen molar-refractivity contribution < 1.29 is 9.53 Å². The molecule has 2 aromatic carbocycles. The van der Waals surface area contributed by atoms with Crippen LogP contribution in [0, 0.1) is 6.92 Å². The Kier molecular flexibility index (Phi) is 4.60. The van der Waals surface area contributed by atoms with Gasteiger partial charge >= 0.3 is 0 Å². The maximum absolute atomic E-state index is 11.4. The first-order valence-corrected chi connectivity index (χ1v) is 7.98. The number of aldehydes is 1. The van der Waals surface area contributed by atoms with Gasteiger partial charge in [0.2, 0.25) is 0 Å². The third-order valence-corrected chi connectivity index (χ3v) is 4.39. The van der Waals surface area contributed by atoms with Crippen molar-refractivity contribution in [3.8, 4) is 5.75 Å². The zero-order valence-electron chi connectivity index (χ0n) is 12.6. The largest absolute Gasteiger partial charge is 0.490 e. The van der Waals surface area contributed by atoms with Crippen LogP contribution in [0.5, 0.6) is 5.75 Å². The fourth-order valence-corrected chi connectivity index (χ4v) is 3.20.